The van der Waals surface area contributed by atoms with Crippen molar-refractivity contribution in [2.45, 2.75) is 19.2 Å². The van der Waals surface area contributed by atoms with E-state index >= 15 is 0 Å². The number of alkyl halides is 1. The molecule has 0 spiro atoms. The molecule has 0 bridgehead atoms. The molecule has 0 amide bonds. The van der Waals surface area contributed by atoms with Crippen LogP contribution in [0.25, 0.3) is 0 Å². The third-order valence-electron chi connectivity index (χ3n) is 2.09. The van der Waals surface area contributed by atoms with Gasteiger partial charge in [-0.05, 0) is 24.6 Å². The van der Waals surface area contributed by atoms with Gasteiger partial charge in [-0.1, -0.05) is 6.07 Å². The molecule has 0 fully saturated rings. The van der Waals surface area contributed by atoms with Gasteiger partial charge in [0.15, 0.2) is 0 Å². The molecule has 1 rings (SSSR count). The molecule has 0 aliphatic rings. The van der Waals surface area contributed by atoms with Gasteiger partial charge in [-0.15, -0.1) is 0 Å². The summed E-state index contributed by atoms with van der Waals surface area (Å²) in [5.74, 6) is -0.104. The van der Waals surface area contributed by atoms with Crippen LogP contribution in [0.4, 0.5) is 4.39 Å². The lowest BCUT2D eigenvalue weighted by atomic mass is 10.0. The van der Waals surface area contributed by atoms with E-state index in [0.717, 1.165) is 0 Å². The molecule has 0 radical (unpaired) electrons. The van der Waals surface area contributed by atoms with Crippen molar-refractivity contribution in [3.8, 4) is 5.75 Å². The van der Waals surface area contributed by atoms with Gasteiger partial charge >= 0.3 is 0 Å². The highest BCUT2D eigenvalue weighted by Gasteiger charge is 2.12. The molecule has 2 atom stereocenters. The molecule has 4 heteroatoms. The van der Waals surface area contributed by atoms with Gasteiger partial charge in [0.05, 0.1) is 6.10 Å². The Bertz CT molecular complexity index is 315. The summed E-state index contributed by atoms with van der Waals surface area (Å²) in [5, 5.41) is 18.7. The van der Waals surface area contributed by atoms with Gasteiger partial charge in [0.2, 0.25) is 0 Å². The minimum Gasteiger partial charge on any atom is -0.508 e. The minimum absolute atomic E-state index is 0.0743. The predicted octanol–water partition coefficient (Wildman–Crippen LogP) is 1.41. The molecule has 0 saturated carbocycles. The van der Waals surface area contributed by atoms with E-state index in [-0.39, 0.29) is 17.9 Å². The Morgan fingerprint density at radius 2 is 2.14 bits per heavy atom. The van der Waals surface area contributed by atoms with Gasteiger partial charge in [-0.2, -0.15) is 0 Å². The highest BCUT2D eigenvalue weighted by Crippen LogP contribution is 2.29. The van der Waals surface area contributed by atoms with E-state index in [1.54, 1.807) is 0 Å². The molecule has 0 heterocycles. The zero-order chi connectivity index (χ0) is 10.7. The molecule has 0 saturated heterocycles. The Labute approximate surface area is 82.0 Å². The van der Waals surface area contributed by atoms with Crippen molar-refractivity contribution in [1.29, 1.82) is 0 Å². The van der Waals surface area contributed by atoms with Gasteiger partial charge in [0.1, 0.15) is 11.9 Å². The second-order valence-corrected chi connectivity index (χ2v) is 3.19. The molecule has 4 N–H and O–H groups in total. The van der Waals surface area contributed by atoms with Crippen molar-refractivity contribution in [2.75, 3.05) is 6.54 Å². The molecular weight excluding hydrogens is 185 g/mol. The van der Waals surface area contributed by atoms with Crippen LogP contribution in [0.3, 0.4) is 0 Å². The largest absolute Gasteiger partial charge is 0.508 e. The van der Waals surface area contributed by atoms with Crippen molar-refractivity contribution in [2.24, 2.45) is 5.73 Å². The van der Waals surface area contributed by atoms with E-state index in [1.807, 2.05) is 0 Å². The predicted molar refractivity (Wildman–Crippen MR) is 51.6 cm³/mol. The summed E-state index contributed by atoms with van der Waals surface area (Å²) in [7, 11) is 0. The smallest absolute Gasteiger partial charge is 0.126 e. The van der Waals surface area contributed by atoms with E-state index in [2.05, 4.69) is 0 Å². The Hall–Kier alpha value is -1.13. The van der Waals surface area contributed by atoms with Crippen LogP contribution >= 0.6 is 0 Å². The molecule has 3 nitrogen and oxygen atoms in total. The number of rotatable bonds is 3. The van der Waals surface area contributed by atoms with Crippen LogP contribution in [0.15, 0.2) is 18.2 Å². The highest BCUT2D eigenvalue weighted by atomic mass is 19.1. The quantitative estimate of drug-likeness (QED) is 0.689. The molecule has 1 aromatic carbocycles. The number of aliphatic hydroxyl groups excluding tert-OH is 1. The van der Waals surface area contributed by atoms with E-state index in [1.165, 1.54) is 25.1 Å². The number of halogens is 1. The average Bonchev–Trinajstić information content (AvgIpc) is 2.17. The number of aromatic hydroxyl groups is 1. The monoisotopic (exact) mass is 199 g/mol. The number of phenolic OH excluding ortho intramolecular Hbond substituents is 1. The van der Waals surface area contributed by atoms with Crippen molar-refractivity contribution < 1.29 is 14.6 Å². The summed E-state index contributed by atoms with van der Waals surface area (Å²) >= 11 is 0. The zero-order valence-electron chi connectivity index (χ0n) is 7.94. The first-order valence-electron chi connectivity index (χ1n) is 4.41. The molecule has 1 aromatic rings. The van der Waals surface area contributed by atoms with Crippen LogP contribution in [0, 0.1) is 0 Å². The minimum atomic E-state index is -1.26. The number of hydrogen-bond donors (Lipinski definition) is 3. The lowest BCUT2D eigenvalue weighted by Crippen LogP contribution is -2.11. The lowest BCUT2D eigenvalue weighted by molar-refractivity contribution is 0.186. The summed E-state index contributed by atoms with van der Waals surface area (Å²) in [6, 6.07) is 4.32. The van der Waals surface area contributed by atoms with Crippen LogP contribution < -0.4 is 5.73 Å². The van der Waals surface area contributed by atoms with Gasteiger partial charge in [-0.3, -0.25) is 0 Å². The van der Waals surface area contributed by atoms with Gasteiger partial charge in [0, 0.05) is 12.1 Å². The molecule has 2 unspecified atom stereocenters. The van der Waals surface area contributed by atoms with E-state index < -0.39 is 12.3 Å². The third kappa shape index (κ3) is 2.21. The SMILES string of the molecule is CC(F)c1cc(C(O)CN)ccc1O. The number of nitrogens with two attached hydrogens (primary N) is 1. The summed E-state index contributed by atoms with van der Waals surface area (Å²) < 4.78 is 13.0. The molecular formula is C10H14FNO2. The molecule has 0 aliphatic heterocycles. The highest BCUT2D eigenvalue weighted by molar-refractivity contribution is 5.38. The van der Waals surface area contributed by atoms with E-state index in [9.17, 15) is 14.6 Å². The second kappa shape index (κ2) is 4.39. The normalized spacial score (nSPS) is 15.1. The van der Waals surface area contributed by atoms with Crippen molar-refractivity contribution in [1.82, 2.24) is 0 Å². The Morgan fingerprint density at radius 3 is 2.64 bits per heavy atom. The third-order valence-corrected chi connectivity index (χ3v) is 2.09. The van der Waals surface area contributed by atoms with E-state index in [0.29, 0.717) is 5.56 Å². The van der Waals surface area contributed by atoms with Crippen LogP contribution in [-0.4, -0.2) is 16.8 Å². The molecule has 0 aliphatic carbocycles. The standard InChI is InChI=1S/C10H14FNO2/c1-6(11)8-4-7(10(14)5-12)2-3-9(8)13/h2-4,6,10,13-14H,5,12H2,1H3. The number of phenols is 1. The molecule has 0 aromatic heterocycles. The van der Waals surface area contributed by atoms with Crippen LogP contribution in [0.2, 0.25) is 0 Å². The van der Waals surface area contributed by atoms with Gasteiger partial charge < -0.3 is 15.9 Å². The molecule has 14 heavy (non-hydrogen) atoms. The summed E-state index contributed by atoms with van der Waals surface area (Å²) in [4.78, 5) is 0. The average molecular weight is 199 g/mol. The van der Waals surface area contributed by atoms with Gasteiger partial charge in [0.25, 0.3) is 0 Å². The fourth-order valence-corrected chi connectivity index (χ4v) is 1.23. The van der Waals surface area contributed by atoms with E-state index in [4.69, 9.17) is 5.73 Å². The molecule has 78 valence electrons. The maximum absolute atomic E-state index is 13.0. The first-order chi connectivity index (χ1) is 6.56. The maximum Gasteiger partial charge on any atom is 0.126 e. The Balaban J connectivity index is 3.06. The van der Waals surface area contributed by atoms with Crippen molar-refractivity contribution in [3.63, 3.8) is 0 Å². The number of benzene rings is 1. The fourth-order valence-electron chi connectivity index (χ4n) is 1.23. The summed E-state index contributed by atoms with van der Waals surface area (Å²) in [6.45, 7) is 1.40. The maximum atomic E-state index is 13.0. The Kier molecular flexibility index (Phi) is 3.43. The first kappa shape index (κ1) is 10.9. The lowest BCUT2D eigenvalue weighted by Gasteiger charge is -2.12. The topological polar surface area (TPSA) is 66.5 Å². The van der Waals surface area contributed by atoms with Crippen molar-refractivity contribution >= 4 is 0 Å². The zero-order valence-corrected chi connectivity index (χ0v) is 7.94. The first-order valence-corrected chi connectivity index (χ1v) is 4.41. The summed E-state index contributed by atoms with van der Waals surface area (Å²) in [6.07, 6.45) is -2.08. The van der Waals surface area contributed by atoms with Gasteiger partial charge in [-0.25, -0.2) is 4.39 Å². The fraction of sp³-hybridized carbons (Fsp3) is 0.400. The number of aliphatic hydroxyl groups is 1. The van der Waals surface area contributed by atoms with Crippen LogP contribution in [0.5, 0.6) is 5.75 Å². The van der Waals surface area contributed by atoms with Crippen molar-refractivity contribution in [3.05, 3.63) is 29.3 Å². The second-order valence-electron chi connectivity index (χ2n) is 3.19. The number of hydrogen-bond acceptors (Lipinski definition) is 3. The summed E-state index contributed by atoms with van der Waals surface area (Å²) in [5.41, 5.74) is 5.96. The van der Waals surface area contributed by atoms with Crippen LogP contribution in [0.1, 0.15) is 30.3 Å². The Morgan fingerprint density at radius 1 is 1.50 bits per heavy atom. The van der Waals surface area contributed by atoms with Crippen LogP contribution in [-0.2, 0) is 0 Å².